The van der Waals surface area contributed by atoms with E-state index in [-0.39, 0.29) is 5.69 Å². The van der Waals surface area contributed by atoms with Crippen LogP contribution < -0.4 is 5.32 Å². The van der Waals surface area contributed by atoms with Crippen LogP contribution in [-0.4, -0.2) is 15.3 Å². The van der Waals surface area contributed by atoms with Crippen LogP contribution in [0.2, 0.25) is 0 Å². The van der Waals surface area contributed by atoms with Crippen LogP contribution in [0.15, 0.2) is 36.5 Å². The molecule has 7 heteroatoms. The minimum Gasteiger partial charge on any atom is -0.321 e. The van der Waals surface area contributed by atoms with Gasteiger partial charge in [0.25, 0.3) is 5.91 Å². The molecule has 0 atom stereocenters. The van der Waals surface area contributed by atoms with Gasteiger partial charge in [0, 0.05) is 11.9 Å². The molecule has 3 rings (SSSR count). The molecule has 0 aliphatic heterocycles. The minimum absolute atomic E-state index is 0.135. The number of fused-ring (bicyclic) bond motifs is 1. The molecular weight excluding hydrogens is 355 g/mol. The maximum atomic E-state index is 13.1. The van der Waals surface area contributed by atoms with Crippen molar-refractivity contribution in [2.45, 2.75) is 39.8 Å². The molecule has 142 valence electrons. The van der Waals surface area contributed by atoms with Crippen LogP contribution >= 0.6 is 0 Å². The fourth-order valence-electron chi connectivity index (χ4n) is 2.92. The number of nitrogens with one attached hydrogen (secondary N) is 1. The third-order valence-electron chi connectivity index (χ3n) is 4.48. The fourth-order valence-corrected chi connectivity index (χ4v) is 2.92. The normalized spacial score (nSPS) is 11.8. The minimum atomic E-state index is -4.49. The Bertz CT molecular complexity index is 1010. The average Bonchev–Trinajstić information content (AvgIpc) is 2.95. The smallest absolute Gasteiger partial charge is 0.321 e. The molecule has 0 aliphatic rings. The molecule has 2 aromatic heterocycles. The lowest BCUT2D eigenvalue weighted by molar-refractivity contribution is -0.137. The molecule has 1 N–H and O–H groups in total. The lowest BCUT2D eigenvalue weighted by Gasteiger charge is -2.10. The summed E-state index contributed by atoms with van der Waals surface area (Å²) in [5, 5.41) is 2.78. The summed E-state index contributed by atoms with van der Waals surface area (Å²) in [5.41, 5.74) is 2.80. The Morgan fingerprint density at radius 1 is 1.15 bits per heavy atom. The molecule has 1 amide bonds. The number of imidazole rings is 1. The van der Waals surface area contributed by atoms with Crippen molar-refractivity contribution in [3.8, 4) is 0 Å². The van der Waals surface area contributed by atoms with E-state index in [0.717, 1.165) is 29.8 Å². The molecule has 4 nitrogen and oxygen atoms in total. The van der Waals surface area contributed by atoms with Gasteiger partial charge in [-0.1, -0.05) is 19.4 Å². The predicted octanol–water partition coefficient (Wildman–Crippen LogP) is 5.17. The van der Waals surface area contributed by atoms with Crippen molar-refractivity contribution in [2.75, 3.05) is 5.32 Å². The SMILES string of the molecule is CCCc1nc2ccc(C(F)(F)F)cn2c1C(=O)Nc1ccc(C)c(C)c1. The van der Waals surface area contributed by atoms with E-state index in [1.165, 1.54) is 10.5 Å². The zero-order valence-corrected chi connectivity index (χ0v) is 15.3. The van der Waals surface area contributed by atoms with Crippen LogP contribution in [-0.2, 0) is 12.6 Å². The first-order chi connectivity index (χ1) is 12.7. The summed E-state index contributed by atoms with van der Waals surface area (Å²) < 4.78 is 40.5. The number of carbonyl (C=O) groups excluding carboxylic acids is 1. The van der Waals surface area contributed by atoms with Crippen molar-refractivity contribution < 1.29 is 18.0 Å². The van der Waals surface area contributed by atoms with E-state index in [1.807, 2.05) is 32.9 Å². The highest BCUT2D eigenvalue weighted by Crippen LogP contribution is 2.30. The van der Waals surface area contributed by atoms with E-state index in [9.17, 15) is 18.0 Å². The van der Waals surface area contributed by atoms with Crippen LogP contribution in [0.1, 0.15) is 46.2 Å². The number of hydrogen-bond acceptors (Lipinski definition) is 2. The monoisotopic (exact) mass is 375 g/mol. The van der Waals surface area contributed by atoms with Crippen LogP contribution in [0.25, 0.3) is 5.65 Å². The number of rotatable bonds is 4. The topological polar surface area (TPSA) is 46.4 Å². The highest BCUT2D eigenvalue weighted by Gasteiger charge is 2.32. The molecule has 27 heavy (non-hydrogen) atoms. The zero-order chi connectivity index (χ0) is 19.8. The highest BCUT2D eigenvalue weighted by atomic mass is 19.4. The number of nitrogens with zero attached hydrogens (tertiary/aromatic N) is 2. The van der Waals surface area contributed by atoms with Gasteiger partial charge in [-0.15, -0.1) is 0 Å². The number of carbonyl (C=O) groups is 1. The summed E-state index contributed by atoms with van der Waals surface area (Å²) in [6, 6.07) is 7.74. The molecule has 3 aromatic rings. The Morgan fingerprint density at radius 2 is 1.89 bits per heavy atom. The summed E-state index contributed by atoms with van der Waals surface area (Å²) in [4.78, 5) is 17.2. The third kappa shape index (κ3) is 3.82. The van der Waals surface area contributed by atoms with Crippen LogP contribution in [0, 0.1) is 13.8 Å². The van der Waals surface area contributed by atoms with Gasteiger partial charge in [-0.3, -0.25) is 9.20 Å². The number of anilines is 1. The standard InChI is InChI=1S/C20H20F3N3O/c1-4-5-16-18(19(27)24-15-8-6-12(2)13(3)10-15)26-11-14(20(21,22)23)7-9-17(26)25-16/h6-11H,4-5H2,1-3H3,(H,24,27). The van der Waals surface area contributed by atoms with Crippen molar-refractivity contribution in [2.24, 2.45) is 0 Å². The second-order valence-corrected chi connectivity index (χ2v) is 6.55. The van der Waals surface area contributed by atoms with Gasteiger partial charge in [-0.2, -0.15) is 13.2 Å². The molecule has 0 fully saturated rings. The van der Waals surface area contributed by atoms with Crippen LogP contribution in [0.3, 0.4) is 0 Å². The summed E-state index contributed by atoms with van der Waals surface area (Å²) >= 11 is 0. The Kier molecular flexibility index (Phi) is 4.95. The van der Waals surface area contributed by atoms with E-state index < -0.39 is 17.6 Å². The second-order valence-electron chi connectivity index (χ2n) is 6.55. The molecule has 0 unspecified atom stereocenters. The lowest BCUT2D eigenvalue weighted by atomic mass is 10.1. The summed E-state index contributed by atoms with van der Waals surface area (Å²) in [7, 11) is 0. The first-order valence-electron chi connectivity index (χ1n) is 8.67. The number of amides is 1. The molecule has 0 bridgehead atoms. The molecule has 0 saturated carbocycles. The van der Waals surface area contributed by atoms with Gasteiger partial charge in [0.2, 0.25) is 0 Å². The quantitative estimate of drug-likeness (QED) is 0.683. The third-order valence-corrected chi connectivity index (χ3v) is 4.48. The molecule has 2 heterocycles. The number of aryl methyl sites for hydroxylation is 3. The molecule has 0 spiro atoms. The van der Waals surface area contributed by atoms with E-state index in [0.29, 0.717) is 23.4 Å². The molecular formula is C20H20F3N3O. The largest absolute Gasteiger partial charge is 0.417 e. The van der Waals surface area contributed by atoms with Crippen LogP contribution in [0.5, 0.6) is 0 Å². The number of halogens is 3. The molecule has 1 aromatic carbocycles. The maximum Gasteiger partial charge on any atom is 0.417 e. The van der Waals surface area contributed by atoms with Crippen molar-refractivity contribution in [1.29, 1.82) is 0 Å². The van der Waals surface area contributed by atoms with Gasteiger partial charge >= 0.3 is 6.18 Å². The highest BCUT2D eigenvalue weighted by molar-refractivity contribution is 6.04. The molecule has 0 saturated heterocycles. The predicted molar refractivity (Wildman–Crippen MR) is 98.1 cm³/mol. The Hall–Kier alpha value is -2.83. The zero-order valence-electron chi connectivity index (χ0n) is 15.3. The van der Waals surface area contributed by atoms with Crippen molar-refractivity contribution in [1.82, 2.24) is 9.38 Å². The second kappa shape index (κ2) is 7.06. The molecule has 0 radical (unpaired) electrons. The lowest BCUT2D eigenvalue weighted by Crippen LogP contribution is -2.17. The molecule has 0 aliphatic carbocycles. The first kappa shape index (κ1) is 18.9. The number of aromatic nitrogens is 2. The van der Waals surface area contributed by atoms with Gasteiger partial charge < -0.3 is 5.32 Å². The fraction of sp³-hybridized carbons (Fsp3) is 0.300. The Balaban J connectivity index is 2.07. The number of hydrogen-bond donors (Lipinski definition) is 1. The maximum absolute atomic E-state index is 13.1. The van der Waals surface area contributed by atoms with Crippen molar-refractivity contribution >= 4 is 17.2 Å². The van der Waals surface area contributed by atoms with E-state index in [2.05, 4.69) is 10.3 Å². The number of alkyl halides is 3. The van der Waals surface area contributed by atoms with E-state index >= 15 is 0 Å². The van der Waals surface area contributed by atoms with E-state index in [4.69, 9.17) is 0 Å². The Morgan fingerprint density at radius 3 is 2.52 bits per heavy atom. The van der Waals surface area contributed by atoms with Gasteiger partial charge in [0.05, 0.1) is 11.3 Å². The average molecular weight is 375 g/mol. The summed E-state index contributed by atoms with van der Waals surface area (Å²) in [6.07, 6.45) is -2.35. The van der Waals surface area contributed by atoms with Crippen LogP contribution in [0.4, 0.5) is 18.9 Å². The number of pyridine rings is 1. The summed E-state index contributed by atoms with van der Waals surface area (Å²) in [5.74, 6) is -0.478. The number of benzene rings is 1. The van der Waals surface area contributed by atoms with Gasteiger partial charge in [-0.05, 0) is 55.7 Å². The first-order valence-corrected chi connectivity index (χ1v) is 8.67. The van der Waals surface area contributed by atoms with Gasteiger partial charge in [0.15, 0.2) is 0 Å². The van der Waals surface area contributed by atoms with Gasteiger partial charge in [0.1, 0.15) is 11.3 Å². The van der Waals surface area contributed by atoms with Gasteiger partial charge in [-0.25, -0.2) is 4.98 Å². The van der Waals surface area contributed by atoms with E-state index in [1.54, 1.807) is 6.07 Å². The summed E-state index contributed by atoms with van der Waals surface area (Å²) in [6.45, 7) is 5.82. The van der Waals surface area contributed by atoms with Crippen molar-refractivity contribution in [3.05, 3.63) is 64.6 Å². The van der Waals surface area contributed by atoms with Crippen molar-refractivity contribution in [3.63, 3.8) is 0 Å². The Labute approximate surface area is 155 Å².